The van der Waals surface area contributed by atoms with Crippen LogP contribution in [0.5, 0.6) is 0 Å². The zero-order chi connectivity index (χ0) is 11.5. The van der Waals surface area contributed by atoms with Crippen LogP contribution in [0, 0.1) is 0 Å². The van der Waals surface area contributed by atoms with Crippen LogP contribution in [0.4, 0.5) is 0 Å². The minimum absolute atomic E-state index is 0.0412. The van der Waals surface area contributed by atoms with Gasteiger partial charge in [0.1, 0.15) is 0 Å². The summed E-state index contributed by atoms with van der Waals surface area (Å²) >= 11 is 0. The Balaban J connectivity index is 2.22. The largest absolute Gasteiger partial charge is 0.462 e. The summed E-state index contributed by atoms with van der Waals surface area (Å²) in [5.41, 5.74) is 2.28. The Morgan fingerprint density at radius 1 is 1.31 bits per heavy atom. The fourth-order valence-corrected chi connectivity index (χ4v) is 1.59. The van der Waals surface area contributed by atoms with E-state index in [0.717, 1.165) is 5.56 Å². The van der Waals surface area contributed by atoms with Gasteiger partial charge in [-0.25, -0.2) is 4.79 Å². The van der Waals surface area contributed by atoms with Gasteiger partial charge in [-0.3, -0.25) is 4.79 Å². The van der Waals surface area contributed by atoms with E-state index in [1.165, 1.54) is 6.92 Å². The van der Waals surface area contributed by atoms with Crippen molar-refractivity contribution in [2.24, 2.45) is 0 Å². The molecule has 0 aromatic heterocycles. The van der Waals surface area contributed by atoms with Crippen molar-refractivity contribution in [3.05, 3.63) is 41.0 Å². The molecule has 1 heterocycles. The number of ketones is 1. The summed E-state index contributed by atoms with van der Waals surface area (Å²) in [7, 11) is 0. The number of cyclic esters (lactones) is 1. The number of carbonyl (C=O) groups is 2. The molecule has 0 radical (unpaired) electrons. The van der Waals surface area contributed by atoms with E-state index in [0.29, 0.717) is 24.2 Å². The minimum atomic E-state index is -0.240. The van der Waals surface area contributed by atoms with Crippen molar-refractivity contribution < 1.29 is 14.3 Å². The number of rotatable bonds is 2. The number of esters is 1. The van der Waals surface area contributed by atoms with Crippen molar-refractivity contribution in [1.82, 2.24) is 0 Å². The number of hydrogen-bond acceptors (Lipinski definition) is 3. The summed E-state index contributed by atoms with van der Waals surface area (Å²) in [5, 5.41) is 0. The molecule has 1 saturated heterocycles. The minimum Gasteiger partial charge on any atom is -0.462 e. The number of hydrogen-bond donors (Lipinski definition) is 0. The Kier molecular flexibility index (Phi) is 2.86. The molecule has 0 bridgehead atoms. The summed E-state index contributed by atoms with van der Waals surface area (Å²) in [6, 6.07) is 7.18. The second-order valence-electron chi connectivity index (χ2n) is 3.73. The quantitative estimate of drug-likeness (QED) is 0.432. The Bertz CT molecular complexity index is 455. The third-order valence-corrected chi connectivity index (χ3v) is 2.52. The fraction of sp³-hybridized carbons (Fsp3) is 0.231. The van der Waals surface area contributed by atoms with Gasteiger partial charge in [0.2, 0.25) is 0 Å². The molecule has 0 amide bonds. The predicted molar refractivity (Wildman–Crippen MR) is 60.0 cm³/mol. The van der Waals surface area contributed by atoms with E-state index in [1.807, 2.05) is 12.1 Å². The first kappa shape index (κ1) is 10.6. The molecule has 0 spiro atoms. The second kappa shape index (κ2) is 4.31. The molecule has 3 nitrogen and oxygen atoms in total. The van der Waals surface area contributed by atoms with Gasteiger partial charge in [-0.15, -0.1) is 0 Å². The predicted octanol–water partition coefficient (Wildman–Crippen LogP) is 2.22. The molecule has 0 aliphatic carbocycles. The van der Waals surface area contributed by atoms with Gasteiger partial charge in [0.15, 0.2) is 5.78 Å². The van der Waals surface area contributed by atoms with Crippen LogP contribution in [0.1, 0.15) is 29.3 Å². The van der Waals surface area contributed by atoms with Crippen molar-refractivity contribution in [3.8, 4) is 0 Å². The molecule has 2 rings (SSSR count). The first-order chi connectivity index (χ1) is 7.66. The molecule has 0 saturated carbocycles. The van der Waals surface area contributed by atoms with Crippen LogP contribution >= 0.6 is 0 Å². The van der Waals surface area contributed by atoms with Crippen LogP contribution in [0.25, 0.3) is 6.08 Å². The highest BCUT2D eigenvalue weighted by Crippen LogP contribution is 2.17. The van der Waals surface area contributed by atoms with E-state index in [9.17, 15) is 9.59 Å². The molecular weight excluding hydrogens is 204 g/mol. The second-order valence-corrected chi connectivity index (χ2v) is 3.73. The molecule has 3 heteroatoms. The molecule has 1 fully saturated rings. The van der Waals surface area contributed by atoms with Crippen LogP contribution in [0.2, 0.25) is 0 Å². The molecule has 1 aliphatic heterocycles. The zero-order valence-corrected chi connectivity index (χ0v) is 9.03. The lowest BCUT2D eigenvalue weighted by atomic mass is 10.1. The maximum absolute atomic E-state index is 11.2. The third kappa shape index (κ3) is 2.19. The van der Waals surface area contributed by atoms with E-state index in [2.05, 4.69) is 0 Å². The Labute approximate surface area is 93.7 Å². The first-order valence-electron chi connectivity index (χ1n) is 5.15. The highest BCUT2D eigenvalue weighted by molar-refractivity contribution is 5.96. The third-order valence-electron chi connectivity index (χ3n) is 2.52. The maximum atomic E-state index is 11.2. The van der Waals surface area contributed by atoms with Crippen molar-refractivity contribution in [2.75, 3.05) is 6.61 Å². The van der Waals surface area contributed by atoms with Gasteiger partial charge in [-0.05, 0) is 18.6 Å². The van der Waals surface area contributed by atoms with Crippen LogP contribution in [-0.2, 0) is 9.53 Å². The topological polar surface area (TPSA) is 43.4 Å². The van der Waals surface area contributed by atoms with Crippen LogP contribution in [0.3, 0.4) is 0 Å². The lowest BCUT2D eigenvalue weighted by molar-refractivity contribution is -0.134. The summed E-state index contributed by atoms with van der Waals surface area (Å²) in [6.45, 7) is 2.00. The van der Waals surface area contributed by atoms with Gasteiger partial charge in [0.05, 0.1) is 6.61 Å². The van der Waals surface area contributed by atoms with Crippen molar-refractivity contribution in [1.29, 1.82) is 0 Å². The van der Waals surface area contributed by atoms with Crippen LogP contribution in [0.15, 0.2) is 29.8 Å². The van der Waals surface area contributed by atoms with Gasteiger partial charge in [0, 0.05) is 17.6 Å². The molecule has 0 N–H and O–H groups in total. The van der Waals surface area contributed by atoms with Crippen LogP contribution < -0.4 is 0 Å². The normalized spacial score (nSPS) is 17.6. The van der Waals surface area contributed by atoms with E-state index >= 15 is 0 Å². The van der Waals surface area contributed by atoms with Crippen molar-refractivity contribution in [3.63, 3.8) is 0 Å². The number of carbonyl (C=O) groups excluding carboxylic acids is 2. The fourth-order valence-electron chi connectivity index (χ4n) is 1.59. The molecule has 82 valence electrons. The number of Topliss-reactive ketones (excluding diaryl/α,β-unsaturated/α-hetero) is 1. The standard InChI is InChI=1S/C13H12O3/c1-9(14)11-4-2-10(3-5-11)8-12-6-7-16-13(12)15/h2-5,8H,6-7H2,1H3/b12-8+. The first-order valence-corrected chi connectivity index (χ1v) is 5.15. The molecule has 1 aromatic rings. The molecule has 16 heavy (non-hydrogen) atoms. The smallest absolute Gasteiger partial charge is 0.334 e. The zero-order valence-electron chi connectivity index (χ0n) is 9.03. The van der Waals surface area contributed by atoms with Gasteiger partial charge in [-0.1, -0.05) is 24.3 Å². The highest BCUT2D eigenvalue weighted by atomic mass is 16.5. The van der Waals surface area contributed by atoms with Gasteiger partial charge >= 0.3 is 5.97 Å². The summed E-state index contributed by atoms with van der Waals surface area (Å²) in [4.78, 5) is 22.3. The van der Waals surface area contributed by atoms with Crippen molar-refractivity contribution >= 4 is 17.8 Å². The lowest BCUT2D eigenvalue weighted by Crippen LogP contribution is -1.94. The van der Waals surface area contributed by atoms with Crippen LogP contribution in [-0.4, -0.2) is 18.4 Å². The molecular formula is C13H12O3. The van der Waals surface area contributed by atoms with E-state index in [1.54, 1.807) is 18.2 Å². The van der Waals surface area contributed by atoms with E-state index in [-0.39, 0.29) is 11.8 Å². The summed E-state index contributed by atoms with van der Waals surface area (Å²) in [5.74, 6) is -0.199. The van der Waals surface area contributed by atoms with E-state index < -0.39 is 0 Å². The van der Waals surface area contributed by atoms with Gasteiger partial charge < -0.3 is 4.74 Å². The number of ether oxygens (including phenoxy) is 1. The Morgan fingerprint density at radius 2 is 2.00 bits per heavy atom. The maximum Gasteiger partial charge on any atom is 0.334 e. The van der Waals surface area contributed by atoms with Crippen molar-refractivity contribution in [2.45, 2.75) is 13.3 Å². The van der Waals surface area contributed by atoms with E-state index in [4.69, 9.17) is 4.74 Å². The molecule has 0 unspecified atom stereocenters. The Morgan fingerprint density at radius 3 is 2.50 bits per heavy atom. The summed E-state index contributed by atoms with van der Waals surface area (Å²) in [6.07, 6.45) is 2.46. The molecule has 0 atom stereocenters. The Hall–Kier alpha value is -1.90. The lowest BCUT2D eigenvalue weighted by Gasteiger charge is -1.97. The number of benzene rings is 1. The molecule has 1 aromatic carbocycles. The monoisotopic (exact) mass is 216 g/mol. The average molecular weight is 216 g/mol. The SMILES string of the molecule is CC(=O)c1ccc(/C=C2\CCOC2=O)cc1. The van der Waals surface area contributed by atoms with Gasteiger partial charge in [0.25, 0.3) is 0 Å². The highest BCUT2D eigenvalue weighted by Gasteiger charge is 2.18. The average Bonchev–Trinajstić information content (AvgIpc) is 2.65. The van der Waals surface area contributed by atoms with Gasteiger partial charge in [-0.2, -0.15) is 0 Å². The molecule has 1 aliphatic rings. The summed E-state index contributed by atoms with van der Waals surface area (Å²) < 4.78 is 4.84.